The Morgan fingerprint density at radius 1 is 1.17 bits per heavy atom. The van der Waals surface area contributed by atoms with Gasteiger partial charge in [0.05, 0.1) is 18.7 Å². The number of methoxy groups -OCH3 is 1. The largest absolute Gasteiger partial charge is 0.489 e. The molecule has 1 heterocycles. The highest BCUT2D eigenvalue weighted by Gasteiger charge is 2.33. The van der Waals surface area contributed by atoms with Crippen LogP contribution < -0.4 is 15.4 Å². The average Bonchev–Trinajstić information content (AvgIpc) is 2.76. The van der Waals surface area contributed by atoms with E-state index in [0.717, 1.165) is 24.0 Å². The zero-order chi connectivity index (χ0) is 21.5. The molecule has 2 N–H and O–H groups in total. The molecule has 0 saturated carbocycles. The van der Waals surface area contributed by atoms with E-state index < -0.39 is 12.0 Å². The molecule has 1 aliphatic heterocycles. The highest BCUT2D eigenvalue weighted by atomic mass is 35.5. The molecule has 1 unspecified atom stereocenters. The van der Waals surface area contributed by atoms with Crippen LogP contribution in [0.25, 0.3) is 0 Å². The summed E-state index contributed by atoms with van der Waals surface area (Å²) in [5, 5.41) is 6.23. The van der Waals surface area contributed by atoms with E-state index in [0.29, 0.717) is 35.1 Å². The Labute approximate surface area is 181 Å². The van der Waals surface area contributed by atoms with Crippen LogP contribution in [-0.4, -0.2) is 19.1 Å². The van der Waals surface area contributed by atoms with Gasteiger partial charge in [0.2, 0.25) is 0 Å². The van der Waals surface area contributed by atoms with Crippen LogP contribution in [0.1, 0.15) is 43.4 Å². The van der Waals surface area contributed by atoms with Crippen molar-refractivity contribution in [2.45, 2.75) is 38.8 Å². The molecule has 0 aromatic heterocycles. The average molecular weight is 429 g/mol. The molecule has 1 atom stereocenters. The Morgan fingerprint density at radius 3 is 2.70 bits per heavy atom. The van der Waals surface area contributed by atoms with Gasteiger partial charge in [-0.15, -0.1) is 0 Å². The van der Waals surface area contributed by atoms with Gasteiger partial charge >= 0.3 is 12.0 Å². The predicted molar refractivity (Wildman–Crippen MR) is 115 cm³/mol. The number of amides is 2. The van der Waals surface area contributed by atoms with Gasteiger partial charge in [-0.3, -0.25) is 0 Å². The number of rotatable bonds is 8. The molecule has 3 rings (SSSR count). The van der Waals surface area contributed by atoms with Gasteiger partial charge < -0.3 is 20.1 Å². The van der Waals surface area contributed by atoms with E-state index in [9.17, 15) is 9.59 Å². The van der Waals surface area contributed by atoms with E-state index in [2.05, 4.69) is 17.6 Å². The molecule has 158 valence electrons. The number of hydrogen-bond acceptors (Lipinski definition) is 4. The van der Waals surface area contributed by atoms with Crippen LogP contribution in [0, 0.1) is 0 Å². The maximum atomic E-state index is 12.5. The fraction of sp³-hybridized carbons (Fsp3) is 0.304. The summed E-state index contributed by atoms with van der Waals surface area (Å²) in [5.74, 6) is 0.139. The second kappa shape index (κ2) is 10.2. The van der Waals surface area contributed by atoms with E-state index in [1.807, 2.05) is 48.5 Å². The quantitative estimate of drug-likeness (QED) is 0.587. The lowest BCUT2D eigenvalue weighted by Gasteiger charge is -2.29. The first-order valence-electron chi connectivity index (χ1n) is 9.88. The van der Waals surface area contributed by atoms with Crippen LogP contribution in [0.15, 0.2) is 59.8 Å². The lowest BCUT2D eigenvalue weighted by Crippen LogP contribution is -2.45. The minimum atomic E-state index is -0.623. The maximum Gasteiger partial charge on any atom is 0.337 e. The first-order valence-corrected chi connectivity index (χ1v) is 10.3. The van der Waals surface area contributed by atoms with Gasteiger partial charge in [-0.25, -0.2) is 9.59 Å². The molecule has 2 amide bonds. The van der Waals surface area contributed by atoms with Gasteiger partial charge in [-0.1, -0.05) is 55.3 Å². The monoisotopic (exact) mass is 428 g/mol. The Bertz CT molecular complexity index is 958. The third kappa shape index (κ3) is 5.13. The summed E-state index contributed by atoms with van der Waals surface area (Å²) in [4.78, 5) is 24.8. The summed E-state index contributed by atoms with van der Waals surface area (Å²) in [6.07, 6.45) is 2.38. The van der Waals surface area contributed by atoms with Crippen LogP contribution in [0.2, 0.25) is 5.02 Å². The fourth-order valence-electron chi connectivity index (χ4n) is 3.33. The minimum absolute atomic E-state index is 0.309. The third-order valence-corrected chi connectivity index (χ3v) is 5.25. The fourth-order valence-corrected chi connectivity index (χ4v) is 3.52. The number of allylic oxidation sites excluding steroid dienone is 1. The summed E-state index contributed by atoms with van der Waals surface area (Å²) in [7, 11) is 1.34. The van der Waals surface area contributed by atoms with Crippen molar-refractivity contribution in [3.8, 4) is 5.75 Å². The van der Waals surface area contributed by atoms with Crippen LogP contribution in [0.5, 0.6) is 5.75 Å². The second-order valence-electron chi connectivity index (χ2n) is 6.97. The number of benzene rings is 2. The Kier molecular flexibility index (Phi) is 7.36. The highest BCUT2D eigenvalue weighted by Crippen LogP contribution is 2.31. The Balaban J connectivity index is 1.88. The van der Waals surface area contributed by atoms with Gasteiger partial charge in [-0.2, -0.15) is 0 Å². The van der Waals surface area contributed by atoms with Gasteiger partial charge in [0.15, 0.2) is 0 Å². The number of unbranched alkanes of at least 4 members (excludes halogenated alkanes) is 1. The SMILES string of the molecule is CCCCC1=C(C(=O)OC)C(c2cccc(OCc3ccccc3Cl)c2)NC(=O)N1. The van der Waals surface area contributed by atoms with Crippen LogP contribution >= 0.6 is 11.6 Å². The molecule has 30 heavy (non-hydrogen) atoms. The summed E-state index contributed by atoms with van der Waals surface area (Å²) in [5.41, 5.74) is 2.61. The molecule has 0 fully saturated rings. The standard InChI is InChI=1S/C23H25ClN2O4/c1-3-4-12-19-20(22(27)29-2)21(26-23(28)25-19)15-9-7-10-17(13-15)30-14-16-8-5-6-11-18(16)24/h5-11,13,21H,3-4,12,14H2,1-2H3,(H2,25,26,28). The number of hydrogen-bond donors (Lipinski definition) is 2. The number of halogens is 1. The third-order valence-electron chi connectivity index (χ3n) is 4.88. The van der Waals surface area contributed by atoms with E-state index in [4.69, 9.17) is 21.1 Å². The van der Waals surface area contributed by atoms with Crippen molar-refractivity contribution in [1.29, 1.82) is 0 Å². The molecular formula is C23H25ClN2O4. The zero-order valence-corrected chi connectivity index (χ0v) is 17.8. The van der Waals surface area contributed by atoms with Crippen molar-refractivity contribution in [2.75, 3.05) is 7.11 Å². The molecule has 0 spiro atoms. The number of carbonyl (C=O) groups is 2. The summed E-state index contributed by atoms with van der Waals surface area (Å²) < 4.78 is 10.9. The van der Waals surface area contributed by atoms with E-state index in [1.54, 1.807) is 0 Å². The molecule has 6 nitrogen and oxygen atoms in total. The van der Waals surface area contributed by atoms with Gasteiger partial charge in [0.25, 0.3) is 0 Å². The Hall–Kier alpha value is -2.99. The second-order valence-corrected chi connectivity index (χ2v) is 7.38. The van der Waals surface area contributed by atoms with Crippen molar-refractivity contribution >= 4 is 23.6 Å². The molecular weight excluding hydrogens is 404 g/mol. The molecule has 0 bridgehead atoms. The molecule has 7 heteroatoms. The van der Waals surface area contributed by atoms with Crippen molar-refractivity contribution in [3.63, 3.8) is 0 Å². The normalized spacial score (nSPS) is 16.0. The molecule has 0 saturated heterocycles. The van der Waals surface area contributed by atoms with E-state index in [1.165, 1.54) is 7.11 Å². The van der Waals surface area contributed by atoms with Crippen LogP contribution in [-0.2, 0) is 16.1 Å². The van der Waals surface area contributed by atoms with Gasteiger partial charge in [-0.05, 0) is 36.6 Å². The van der Waals surface area contributed by atoms with Crippen molar-refractivity contribution in [1.82, 2.24) is 10.6 Å². The van der Waals surface area contributed by atoms with Crippen molar-refractivity contribution in [3.05, 3.63) is 76.0 Å². The zero-order valence-electron chi connectivity index (χ0n) is 17.0. The van der Waals surface area contributed by atoms with E-state index in [-0.39, 0.29) is 6.03 Å². The lowest BCUT2D eigenvalue weighted by molar-refractivity contribution is -0.136. The molecule has 0 aliphatic carbocycles. The summed E-state index contributed by atoms with van der Waals surface area (Å²) >= 11 is 6.20. The topological polar surface area (TPSA) is 76.7 Å². The lowest BCUT2D eigenvalue weighted by atomic mass is 9.93. The van der Waals surface area contributed by atoms with Crippen molar-refractivity contribution in [2.24, 2.45) is 0 Å². The predicted octanol–water partition coefficient (Wildman–Crippen LogP) is 4.89. The maximum absolute atomic E-state index is 12.5. The summed E-state index contributed by atoms with van der Waals surface area (Å²) in [6.45, 7) is 2.36. The van der Waals surface area contributed by atoms with Gasteiger partial charge in [0.1, 0.15) is 12.4 Å². The van der Waals surface area contributed by atoms with Crippen LogP contribution in [0.4, 0.5) is 4.79 Å². The van der Waals surface area contributed by atoms with Crippen LogP contribution in [0.3, 0.4) is 0 Å². The number of nitrogens with one attached hydrogen (secondary N) is 2. The first kappa shape index (κ1) is 21.7. The highest BCUT2D eigenvalue weighted by molar-refractivity contribution is 6.31. The summed E-state index contributed by atoms with van der Waals surface area (Å²) in [6, 6.07) is 13.8. The Morgan fingerprint density at radius 2 is 1.97 bits per heavy atom. The first-order chi connectivity index (χ1) is 14.5. The number of esters is 1. The smallest absolute Gasteiger partial charge is 0.337 e. The number of carbonyl (C=O) groups excluding carboxylic acids is 2. The number of ether oxygens (including phenoxy) is 2. The molecule has 2 aromatic rings. The minimum Gasteiger partial charge on any atom is -0.489 e. The van der Waals surface area contributed by atoms with Crippen molar-refractivity contribution < 1.29 is 19.1 Å². The number of urea groups is 1. The van der Waals surface area contributed by atoms with Gasteiger partial charge in [0, 0.05) is 16.3 Å². The molecule has 1 aliphatic rings. The molecule has 2 aromatic carbocycles. The van der Waals surface area contributed by atoms with E-state index >= 15 is 0 Å². The molecule has 0 radical (unpaired) electrons.